The maximum absolute atomic E-state index is 14.1. The zero-order valence-corrected chi connectivity index (χ0v) is 21.0. The van der Waals surface area contributed by atoms with Gasteiger partial charge >= 0.3 is 0 Å². The third-order valence-corrected chi connectivity index (χ3v) is 6.43. The largest absolute Gasteiger partial charge is 0.457 e. The van der Waals surface area contributed by atoms with Gasteiger partial charge in [0.2, 0.25) is 11.7 Å². The molecule has 1 amide bonds. The van der Waals surface area contributed by atoms with E-state index in [1.807, 2.05) is 0 Å². The third-order valence-electron chi connectivity index (χ3n) is 5.52. The highest BCUT2D eigenvalue weighted by atomic mass is 35.5. The van der Waals surface area contributed by atoms with Gasteiger partial charge in [-0.25, -0.2) is 22.0 Å². The molecular formula is C24H16Cl2F5N3O2S. The fourth-order valence-electron chi connectivity index (χ4n) is 3.66. The lowest BCUT2D eigenvalue weighted by Crippen LogP contribution is -2.53. The molecule has 194 valence electrons. The maximum atomic E-state index is 14.1. The Morgan fingerprint density at radius 2 is 1.54 bits per heavy atom. The molecule has 5 nitrogen and oxygen atoms in total. The van der Waals surface area contributed by atoms with Crippen LogP contribution in [0.2, 0.25) is 10.0 Å². The highest BCUT2D eigenvalue weighted by Crippen LogP contribution is 2.32. The lowest BCUT2D eigenvalue weighted by molar-refractivity contribution is -0.115. The van der Waals surface area contributed by atoms with Gasteiger partial charge < -0.3 is 14.2 Å². The summed E-state index contributed by atoms with van der Waals surface area (Å²) >= 11 is 17.3. The summed E-state index contributed by atoms with van der Waals surface area (Å²) in [6.07, 6.45) is 2.62. The number of thiocarbonyl (C=S) groups is 1. The molecule has 1 fully saturated rings. The molecule has 0 bridgehead atoms. The van der Waals surface area contributed by atoms with Crippen LogP contribution in [0.1, 0.15) is 5.76 Å². The molecule has 1 saturated heterocycles. The number of nitrogens with one attached hydrogen (secondary N) is 1. The van der Waals surface area contributed by atoms with E-state index in [2.05, 4.69) is 5.32 Å². The molecule has 0 unspecified atom stereocenters. The highest BCUT2D eigenvalue weighted by Gasteiger charge is 2.31. The van der Waals surface area contributed by atoms with Gasteiger partial charge in [-0.05, 0) is 48.6 Å². The first-order valence-electron chi connectivity index (χ1n) is 10.7. The number of anilines is 1. The predicted molar refractivity (Wildman–Crippen MR) is 134 cm³/mol. The Morgan fingerprint density at radius 3 is 2.16 bits per heavy atom. The molecule has 2 heterocycles. The van der Waals surface area contributed by atoms with Gasteiger partial charge in [-0.2, -0.15) is 0 Å². The number of piperazine rings is 1. The number of halogens is 7. The van der Waals surface area contributed by atoms with Crippen molar-refractivity contribution in [1.82, 2.24) is 10.2 Å². The van der Waals surface area contributed by atoms with Crippen molar-refractivity contribution in [2.24, 2.45) is 0 Å². The summed E-state index contributed by atoms with van der Waals surface area (Å²) in [4.78, 5) is 14.9. The van der Waals surface area contributed by atoms with Gasteiger partial charge in [0, 0.05) is 42.8 Å². The van der Waals surface area contributed by atoms with E-state index in [9.17, 15) is 26.7 Å². The molecule has 4 rings (SSSR count). The Morgan fingerprint density at radius 1 is 0.919 bits per heavy atom. The third kappa shape index (κ3) is 5.73. The molecule has 0 saturated carbocycles. The molecule has 2 aromatic carbocycles. The minimum absolute atomic E-state index is 0.0415. The minimum Gasteiger partial charge on any atom is -0.457 e. The average Bonchev–Trinajstić information content (AvgIpc) is 3.34. The van der Waals surface area contributed by atoms with Crippen LogP contribution >= 0.6 is 35.4 Å². The van der Waals surface area contributed by atoms with E-state index in [4.69, 9.17) is 39.8 Å². The highest BCUT2D eigenvalue weighted by molar-refractivity contribution is 7.80. The van der Waals surface area contributed by atoms with Crippen LogP contribution in [0.5, 0.6) is 0 Å². The molecule has 0 spiro atoms. The Kier molecular flexibility index (Phi) is 8.05. The number of carbonyl (C=O) groups excluding carboxylic acids is 1. The fraction of sp³-hybridized carbons (Fsp3) is 0.167. The van der Waals surface area contributed by atoms with Crippen molar-refractivity contribution in [2.75, 3.05) is 31.1 Å². The molecule has 1 aliphatic heterocycles. The molecule has 37 heavy (non-hydrogen) atoms. The maximum Gasteiger partial charge on any atom is 0.250 e. The number of carbonyl (C=O) groups is 1. The number of furan rings is 1. The lowest BCUT2D eigenvalue weighted by Gasteiger charge is -2.37. The van der Waals surface area contributed by atoms with Crippen LogP contribution in [0.25, 0.3) is 17.4 Å². The topological polar surface area (TPSA) is 48.7 Å². The van der Waals surface area contributed by atoms with Crippen LogP contribution in [0, 0.1) is 29.1 Å². The molecule has 1 N–H and O–H groups in total. The van der Waals surface area contributed by atoms with E-state index in [0.29, 0.717) is 27.1 Å². The fourth-order valence-corrected chi connectivity index (χ4v) is 4.45. The Hall–Kier alpha value is -3.15. The summed E-state index contributed by atoms with van der Waals surface area (Å²) in [7, 11) is 0. The first-order valence-corrected chi connectivity index (χ1v) is 11.8. The normalized spacial score (nSPS) is 13.9. The Bertz CT molecular complexity index is 1380. The summed E-state index contributed by atoms with van der Waals surface area (Å²) in [6, 6.07) is 8.27. The number of amides is 1. The molecule has 13 heteroatoms. The Balaban J connectivity index is 1.33. The molecule has 0 radical (unpaired) electrons. The van der Waals surface area contributed by atoms with E-state index in [-0.39, 0.29) is 31.3 Å². The smallest absolute Gasteiger partial charge is 0.250 e. The number of hydrogen-bond donors (Lipinski definition) is 1. The van der Waals surface area contributed by atoms with Gasteiger partial charge in [-0.15, -0.1) is 0 Å². The number of hydrogen-bond acceptors (Lipinski definition) is 4. The van der Waals surface area contributed by atoms with Crippen LogP contribution < -0.4 is 10.2 Å². The van der Waals surface area contributed by atoms with Crippen LogP contribution in [0.4, 0.5) is 27.6 Å². The predicted octanol–water partition coefficient (Wildman–Crippen LogP) is 6.19. The SMILES string of the molecule is O=C(/C=C/c1ccc(-c2ccc(Cl)cc2Cl)o1)NC(=S)N1CCN(c2c(F)c(F)c(F)c(F)c2F)CC1. The van der Waals surface area contributed by atoms with E-state index in [1.54, 1.807) is 30.3 Å². The van der Waals surface area contributed by atoms with Crippen molar-refractivity contribution < 1.29 is 31.2 Å². The number of rotatable bonds is 4. The first-order chi connectivity index (χ1) is 17.6. The van der Waals surface area contributed by atoms with Crippen molar-refractivity contribution in [1.29, 1.82) is 0 Å². The number of nitrogens with zero attached hydrogens (tertiary/aromatic N) is 2. The molecule has 0 atom stereocenters. The van der Waals surface area contributed by atoms with Crippen molar-refractivity contribution in [3.05, 3.63) is 81.3 Å². The van der Waals surface area contributed by atoms with Crippen LogP contribution in [0.3, 0.4) is 0 Å². The lowest BCUT2D eigenvalue weighted by atomic mass is 10.2. The Labute approximate surface area is 223 Å². The second kappa shape index (κ2) is 11.1. The second-order valence-electron chi connectivity index (χ2n) is 7.85. The van der Waals surface area contributed by atoms with Gasteiger partial charge in [0.05, 0.1) is 5.02 Å². The number of benzene rings is 2. The van der Waals surface area contributed by atoms with Crippen LogP contribution in [0.15, 0.2) is 40.8 Å². The van der Waals surface area contributed by atoms with Crippen molar-refractivity contribution >= 4 is 58.2 Å². The van der Waals surface area contributed by atoms with Gasteiger partial charge in [0.25, 0.3) is 0 Å². The van der Waals surface area contributed by atoms with Gasteiger partial charge in [0.1, 0.15) is 17.2 Å². The monoisotopic (exact) mass is 575 g/mol. The summed E-state index contributed by atoms with van der Waals surface area (Å²) < 4.78 is 74.2. The first kappa shape index (κ1) is 26.9. The summed E-state index contributed by atoms with van der Waals surface area (Å²) in [5, 5.41) is 3.42. The van der Waals surface area contributed by atoms with Crippen molar-refractivity contribution in [3.8, 4) is 11.3 Å². The molecule has 0 aliphatic carbocycles. The molecule has 1 aliphatic rings. The summed E-state index contributed by atoms with van der Waals surface area (Å²) in [5.74, 6) is -9.74. The van der Waals surface area contributed by atoms with Crippen LogP contribution in [-0.4, -0.2) is 42.1 Å². The molecule has 1 aromatic heterocycles. The summed E-state index contributed by atoms with van der Waals surface area (Å²) in [5.41, 5.74) is -0.368. The average molecular weight is 576 g/mol. The molecule has 3 aromatic rings. The van der Waals surface area contributed by atoms with Gasteiger partial charge in [-0.3, -0.25) is 10.1 Å². The van der Waals surface area contributed by atoms with Gasteiger partial charge in [0.15, 0.2) is 28.4 Å². The molecular weight excluding hydrogens is 560 g/mol. The van der Waals surface area contributed by atoms with E-state index < -0.39 is 40.7 Å². The van der Waals surface area contributed by atoms with Crippen molar-refractivity contribution in [2.45, 2.75) is 0 Å². The van der Waals surface area contributed by atoms with E-state index >= 15 is 0 Å². The second-order valence-corrected chi connectivity index (χ2v) is 9.08. The van der Waals surface area contributed by atoms with Crippen molar-refractivity contribution in [3.63, 3.8) is 0 Å². The van der Waals surface area contributed by atoms with Gasteiger partial charge in [-0.1, -0.05) is 23.2 Å². The zero-order valence-electron chi connectivity index (χ0n) is 18.6. The minimum atomic E-state index is -2.21. The zero-order chi connectivity index (χ0) is 26.9. The standard InChI is InChI=1S/C24H16Cl2F5N3O2S/c25-12-1-4-14(15(26)11-12)16-5-2-13(36-16)3-6-17(35)32-24(37)34-9-7-33(8-10-34)23-21(30)19(28)18(27)20(29)22(23)31/h1-6,11H,7-10H2,(H,32,35,37)/b6-3+. The quantitative estimate of drug-likeness (QED) is 0.132. The van der Waals surface area contributed by atoms with E-state index in [0.717, 1.165) is 4.90 Å². The summed E-state index contributed by atoms with van der Waals surface area (Å²) in [6.45, 7) is -0.0311. The van der Waals surface area contributed by atoms with Crippen LogP contribution in [-0.2, 0) is 4.79 Å². The van der Waals surface area contributed by atoms with E-state index in [1.165, 1.54) is 17.1 Å².